The molecule has 0 saturated heterocycles. The number of nitrogens with zero attached hydrogens (tertiary/aromatic N) is 1. The van der Waals surface area contributed by atoms with E-state index in [2.05, 4.69) is 44.1 Å². The molecule has 0 spiro atoms. The van der Waals surface area contributed by atoms with Gasteiger partial charge in [-0.05, 0) is 48.1 Å². The molecule has 3 heteroatoms. The van der Waals surface area contributed by atoms with Gasteiger partial charge in [-0.1, -0.05) is 45.4 Å². The van der Waals surface area contributed by atoms with E-state index in [4.69, 9.17) is 11.6 Å². The van der Waals surface area contributed by atoms with Crippen molar-refractivity contribution < 1.29 is 0 Å². The maximum absolute atomic E-state index is 6.24. The summed E-state index contributed by atoms with van der Waals surface area (Å²) in [4.78, 5) is 4.49. The molecule has 0 aliphatic rings. The number of fused-ring (bicyclic) bond motifs is 1. The fourth-order valence-electron chi connectivity index (χ4n) is 2.95. The highest BCUT2D eigenvalue weighted by atomic mass is 35.5. The first-order chi connectivity index (χ1) is 10.0. The summed E-state index contributed by atoms with van der Waals surface area (Å²) in [6.45, 7) is 11.1. The maximum atomic E-state index is 6.24. The van der Waals surface area contributed by atoms with Crippen molar-refractivity contribution in [1.82, 2.24) is 10.3 Å². The van der Waals surface area contributed by atoms with Crippen LogP contribution in [0.5, 0.6) is 0 Å². The normalized spacial score (nSPS) is 12.0. The molecule has 2 aromatic rings. The lowest BCUT2D eigenvalue weighted by molar-refractivity contribution is 0.275. The Kier molecular flexibility index (Phi) is 5.60. The van der Waals surface area contributed by atoms with Gasteiger partial charge in [0.15, 0.2) is 0 Å². The molecule has 21 heavy (non-hydrogen) atoms. The van der Waals surface area contributed by atoms with E-state index in [-0.39, 0.29) is 0 Å². The standard InChI is InChI=1S/C18H25ClN2/c1-12(2)16(13(3)4)11-20-10-14-7-8-17(19)15-6-5-9-21-18(14)15/h5-9,12-13,16,20H,10-11H2,1-4H3. The highest BCUT2D eigenvalue weighted by Gasteiger charge is 2.17. The molecule has 0 fully saturated rings. The molecule has 0 bridgehead atoms. The van der Waals surface area contributed by atoms with Crippen molar-refractivity contribution in [3.05, 3.63) is 41.0 Å². The SMILES string of the molecule is CC(C)C(CNCc1ccc(Cl)c2cccnc12)C(C)C. The first kappa shape index (κ1) is 16.3. The Morgan fingerprint density at radius 2 is 1.81 bits per heavy atom. The summed E-state index contributed by atoms with van der Waals surface area (Å²) < 4.78 is 0. The van der Waals surface area contributed by atoms with Crippen molar-refractivity contribution in [3.63, 3.8) is 0 Å². The average Bonchev–Trinajstić information content (AvgIpc) is 2.45. The zero-order valence-corrected chi connectivity index (χ0v) is 14.1. The molecule has 114 valence electrons. The second kappa shape index (κ2) is 7.24. The molecule has 2 rings (SSSR count). The highest BCUT2D eigenvalue weighted by molar-refractivity contribution is 6.35. The van der Waals surface area contributed by atoms with Crippen molar-refractivity contribution in [2.45, 2.75) is 34.2 Å². The first-order valence-corrected chi connectivity index (χ1v) is 8.11. The van der Waals surface area contributed by atoms with Crippen LogP contribution in [-0.2, 0) is 6.54 Å². The summed E-state index contributed by atoms with van der Waals surface area (Å²) >= 11 is 6.24. The van der Waals surface area contributed by atoms with E-state index in [1.807, 2.05) is 24.4 Å². The van der Waals surface area contributed by atoms with Gasteiger partial charge in [-0.2, -0.15) is 0 Å². The van der Waals surface area contributed by atoms with Gasteiger partial charge in [0.25, 0.3) is 0 Å². The zero-order chi connectivity index (χ0) is 15.4. The number of hydrogen-bond acceptors (Lipinski definition) is 2. The fourth-order valence-corrected chi connectivity index (χ4v) is 3.17. The van der Waals surface area contributed by atoms with Gasteiger partial charge in [0.1, 0.15) is 0 Å². The third-order valence-electron chi connectivity index (χ3n) is 4.21. The van der Waals surface area contributed by atoms with Gasteiger partial charge in [0, 0.05) is 23.2 Å². The van der Waals surface area contributed by atoms with E-state index in [0.29, 0.717) is 17.8 Å². The second-order valence-corrected chi connectivity index (χ2v) is 6.80. The van der Waals surface area contributed by atoms with Gasteiger partial charge in [0.2, 0.25) is 0 Å². The summed E-state index contributed by atoms with van der Waals surface area (Å²) in [7, 11) is 0. The largest absolute Gasteiger partial charge is 0.312 e. The predicted octanol–water partition coefficient (Wildman–Crippen LogP) is 4.91. The molecular formula is C18H25ClN2. The smallest absolute Gasteiger partial charge is 0.0761 e. The minimum Gasteiger partial charge on any atom is -0.312 e. The van der Waals surface area contributed by atoms with E-state index in [1.54, 1.807) is 0 Å². The monoisotopic (exact) mass is 304 g/mol. The molecule has 2 nitrogen and oxygen atoms in total. The summed E-state index contributed by atoms with van der Waals surface area (Å²) in [6, 6.07) is 7.99. The molecule has 0 unspecified atom stereocenters. The second-order valence-electron chi connectivity index (χ2n) is 6.39. The van der Waals surface area contributed by atoms with E-state index in [1.165, 1.54) is 5.56 Å². The third kappa shape index (κ3) is 3.96. The Morgan fingerprint density at radius 1 is 1.10 bits per heavy atom. The molecule has 1 aromatic heterocycles. The Hall–Kier alpha value is -1.12. The molecule has 1 aromatic carbocycles. The van der Waals surface area contributed by atoms with Crippen LogP contribution in [0.2, 0.25) is 5.02 Å². The van der Waals surface area contributed by atoms with Crippen LogP contribution in [0.1, 0.15) is 33.3 Å². The van der Waals surface area contributed by atoms with Crippen molar-refractivity contribution in [2.75, 3.05) is 6.54 Å². The minimum atomic E-state index is 0.691. The van der Waals surface area contributed by atoms with E-state index in [9.17, 15) is 0 Å². The van der Waals surface area contributed by atoms with Gasteiger partial charge in [-0.25, -0.2) is 0 Å². The molecular weight excluding hydrogens is 280 g/mol. The molecule has 0 aliphatic heterocycles. The number of nitrogens with one attached hydrogen (secondary N) is 1. The zero-order valence-electron chi connectivity index (χ0n) is 13.4. The van der Waals surface area contributed by atoms with Crippen LogP contribution in [0.4, 0.5) is 0 Å². The number of benzene rings is 1. The predicted molar refractivity (Wildman–Crippen MR) is 91.6 cm³/mol. The average molecular weight is 305 g/mol. The van der Waals surface area contributed by atoms with E-state index in [0.717, 1.165) is 29.0 Å². The Balaban J connectivity index is 2.09. The Bertz CT molecular complexity index is 585. The molecule has 1 N–H and O–H groups in total. The van der Waals surface area contributed by atoms with Crippen LogP contribution in [-0.4, -0.2) is 11.5 Å². The number of pyridine rings is 1. The lowest BCUT2D eigenvalue weighted by atomic mass is 9.85. The molecule has 0 saturated carbocycles. The number of aromatic nitrogens is 1. The Morgan fingerprint density at radius 3 is 2.48 bits per heavy atom. The van der Waals surface area contributed by atoms with E-state index < -0.39 is 0 Å². The maximum Gasteiger partial charge on any atom is 0.0761 e. The van der Waals surface area contributed by atoms with Crippen LogP contribution in [0, 0.1) is 17.8 Å². The number of hydrogen-bond donors (Lipinski definition) is 1. The van der Waals surface area contributed by atoms with Crippen LogP contribution >= 0.6 is 11.6 Å². The number of rotatable bonds is 6. The van der Waals surface area contributed by atoms with Gasteiger partial charge >= 0.3 is 0 Å². The van der Waals surface area contributed by atoms with Crippen molar-refractivity contribution in [1.29, 1.82) is 0 Å². The summed E-state index contributed by atoms with van der Waals surface area (Å²) in [5, 5.41) is 5.39. The Labute approximate surface area is 132 Å². The summed E-state index contributed by atoms with van der Waals surface area (Å²) in [5.41, 5.74) is 2.21. The molecule has 0 atom stereocenters. The molecule has 0 amide bonds. The van der Waals surface area contributed by atoms with Crippen LogP contribution in [0.3, 0.4) is 0 Å². The number of halogens is 1. The highest BCUT2D eigenvalue weighted by Crippen LogP contribution is 2.25. The fraction of sp³-hybridized carbons (Fsp3) is 0.500. The first-order valence-electron chi connectivity index (χ1n) is 7.73. The molecule has 1 heterocycles. The van der Waals surface area contributed by atoms with Gasteiger partial charge in [0.05, 0.1) is 5.52 Å². The van der Waals surface area contributed by atoms with Gasteiger partial charge in [-0.3, -0.25) is 4.98 Å². The van der Waals surface area contributed by atoms with Crippen molar-refractivity contribution in [2.24, 2.45) is 17.8 Å². The lowest BCUT2D eigenvalue weighted by Gasteiger charge is -2.25. The van der Waals surface area contributed by atoms with Crippen molar-refractivity contribution in [3.8, 4) is 0 Å². The summed E-state index contributed by atoms with van der Waals surface area (Å²) in [6.07, 6.45) is 1.83. The minimum absolute atomic E-state index is 0.691. The van der Waals surface area contributed by atoms with E-state index >= 15 is 0 Å². The molecule has 0 aliphatic carbocycles. The van der Waals surface area contributed by atoms with Gasteiger partial charge < -0.3 is 5.32 Å². The molecule has 0 radical (unpaired) electrons. The quantitative estimate of drug-likeness (QED) is 0.820. The topological polar surface area (TPSA) is 24.9 Å². The lowest BCUT2D eigenvalue weighted by Crippen LogP contribution is -2.29. The van der Waals surface area contributed by atoms with Crippen LogP contribution in [0.25, 0.3) is 10.9 Å². The van der Waals surface area contributed by atoms with Gasteiger partial charge in [-0.15, -0.1) is 0 Å². The summed E-state index contributed by atoms with van der Waals surface area (Å²) in [5.74, 6) is 2.08. The third-order valence-corrected chi connectivity index (χ3v) is 4.54. The van der Waals surface area contributed by atoms with Crippen molar-refractivity contribution >= 4 is 22.5 Å². The van der Waals surface area contributed by atoms with Crippen LogP contribution in [0.15, 0.2) is 30.5 Å². The van der Waals surface area contributed by atoms with Crippen LogP contribution < -0.4 is 5.32 Å².